The third kappa shape index (κ3) is 3.49. The molecular formula is C13H13Cl2N3O. The molecule has 1 heterocycles. The summed E-state index contributed by atoms with van der Waals surface area (Å²) in [6.45, 7) is 2.08. The summed E-state index contributed by atoms with van der Waals surface area (Å²) < 4.78 is 5.61. The molecule has 0 aliphatic rings. The number of nitrogens with two attached hydrogens (primary N) is 1. The monoisotopic (exact) mass is 297 g/mol. The number of aromatic nitrogens is 2. The zero-order valence-electron chi connectivity index (χ0n) is 10.4. The number of benzene rings is 1. The van der Waals surface area contributed by atoms with E-state index in [1.807, 2.05) is 0 Å². The summed E-state index contributed by atoms with van der Waals surface area (Å²) >= 11 is 11.8. The highest BCUT2D eigenvalue weighted by atomic mass is 35.5. The Morgan fingerprint density at radius 2 is 1.89 bits per heavy atom. The number of rotatable bonds is 4. The summed E-state index contributed by atoms with van der Waals surface area (Å²) in [4.78, 5) is 8.20. The van der Waals surface area contributed by atoms with Crippen molar-refractivity contribution in [1.82, 2.24) is 9.97 Å². The molecule has 6 heteroatoms. The quantitative estimate of drug-likeness (QED) is 0.863. The molecule has 0 aliphatic heterocycles. The van der Waals surface area contributed by atoms with Crippen LogP contribution < -0.4 is 10.5 Å². The predicted octanol–water partition coefficient (Wildman–Crippen LogP) is 4.11. The van der Waals surface area contributed by atoms with Gasteiger partial charge in [-0.3, -0.25) is 0 Å². The topological polar surface area (TPSA) is 61.0 Å². The van der Waals surface area contributed by atoms with Crippen molar-refractivity contribution in [2.75, 3.05) is 5.73 Å². The zero-order chi connectivity index (χ0) is 13.8. The fraction of sp³-hybridized carbons (Fsp3) is 0.231. The summed E-state index contributed by atoms with van der Waals surface area (Å²) in [6, 6.07) is 4.90. The van der Waals surface area contributed by atoms with Gasteiger partial charge in [0.1, 0.15) is 6.33 Å². The lowest BCUT2D eigenvalue weighted by Crippen LogP contribution is -1.96. The van der Waals surface area contributed by atoms with Crippen LogP contribution in [-0.2, 0) is 6.42 Å². The second-order valence-electron chi connectivity index (χ2n) is 4.00. The number of nitrogen functional groups attached to an aromatic ring is 1. The lowest BCUT2D eigenvalue weighted by Gasteiger charge is -2.09. The number of nitrogens with zero attached hydrogens (tertiary/aromatic N) is 2. The molecule has 100 valence electrons. The minimum absolute atomic E-state index is 0.383. The van der Waals surface area contributed by atoms with Gasteiger partial charge in [-0.1, -0.05) is 36.5 Å². The van der Waals surface area contributed by atoms with E-state index in [9.17, 15) is 0 Å². The molecule has 0 saturated carbocycles. The number of aryl methyl sites for hydroxylation is 1. The van der Waals surface area contributed by atoms with E-state index in [1.165, 1.54) is 6.33 Å². The Kier molecular flexibility index (Phi) is 4.45. The molecule has 2 rings (SSSR count). The molecule has 0 unspecified atom stereocenters. The molecule has 0 fully saturated rings. The first-order chi connectivity index (χ1) is 9.10. The van der Waals surface area contributed by atoms with Gasteiger partial charge in [0.25, 0.3) is 0 Å². The first-order valence-corrected chi connectivity index (χ1v) is 6.59. The van der Waals surface area contributed by atoms with E-state index >= 15 is 0 Å². The molecule has 2 aromatic rings. The van der Waals surface area contributed by atoms with Gasteiger partial charge in [-0.25, -0.2) is 9.97 Å². The van der Waals surface area contributed by atoms with Gasteiger partial charge in [0.2, 0.25) is 5.88 Å². The van der Waals surface area contributed by atoms with Crippen LogP contribution in [0.25, 0.3) is 0 Å². The first kappa shape index (κ1) is 13.9. The molecule has 0 bridgehead atoms. The molecule has 0 amide bonds. The van der Waals surface area contributed by atoms with Gasteiger partial charge in [-0.15, -0.1) is 0 Å². The Morgan fingerprint density at radius 3 is 2.63 bits per heavy atom. The zero-order valence-corrected chi connectivity index (χ0v) is 11.9. The number of ether oxygens (including phenoxy) is 1. The molecule has 1 aromatic carbocycles. The van der Waals surface area contributed by atoms with E-state index in [0.717, 1.165) is 18.5 Å². The Labute approximate surface area is 121 Å². The summed E-state index contributed by atoms with van der Waals surface area (Å²) in [5, 5.41) is 0.773. The van der Waals surface area contributed by atoms with Crippen molar-refractivity contribution >= 4 is 28.9 Å². The maximum atomic E-state index is 5.93. The van der Waals surface area contributed by atoms with E-state index in [4.69, 9.17) is 33.7 Å². The van der Waals surface area contributed by atoms with E-state index in [-0.39, 0.29) is 0 Å². The van der Waals surface area contributed by atoms with Crippen LogP contribution in [0.3, 0.4) is 0 Å². The molecule has 4 nitrogen and oxygen atoms in total. The maximum absolute atomic E-state index is 5.93. The Morgan fingerprint density at radius 1 is 1.16 bits per heavy atom. The van der Waals surface area contributed by atoms with Gasteiger partial charge in [-0.05, 0) is 12.5 Å². The second-order valence-corrected chi connectivity index (χ2v) is 4.82. The SMILES string of the molecule is CCCc1cc(Oc2cc(Cl)c(Cl)cc2N)ncn1. The molecular weight excluding hydrogens is 285 g/mol. The van der Waals surface area contributed by atoms with Crippen LogP contribution in [0.4, 0.5) is 5.69 Å². The van der Waals surface area contributed by atoms with Crippen LogP contribution >= 0.6 is 23.2 Å². The number of anilines is 1. The molecule has 1 aromatic heterocycles. The fourth-order valence-corrected chi connectivity index (χ4v) is 1.90. The lowest BCUT2D eigenvalue weighted by molar-refractivity contribution is 0.462. The Hall–Kier alpha value is -1.52. The molecule has 0 radical (unpaired) electrons. The third-order valence-electron chi connectivity index (χ3n) is 2.47. The molecule has 0 atom stereocenters. The molecule has 0 saturated heterocycles. The van der Waals surface area contributed by atoms with Crippen molar-refractivity contribution in [1.29, 1.82) is 0 Å². The van der Waals surface area contributed by atoms with Crippen molar-refractivity contribution in [2.45, 2.75) is 19.8 Å². The predicted molar refractivity (Wildman–Crippen MR) is 77.0 cm³/mol. The average molecular weight is 298 g/mol. The van der Waals surface area contributed by atoms with Crippen LogP contribution in [0, 0.1) is 0 Å². The van der Waals surface area contributed by atoms with Gasteiger partial charge < -0.3 is 10.5 Å². The molecule has 0 spiro atoms. The van der Waals surface area contributed by atoms with Crippen LogP contribution in [0.2, 0.25) is 10.0 Å². The second kappa shape index (κ2) is 6.08. The summed E-state index contributed by atoms with van der Waals surface area (Å²) in [7, 11) is 0. The molecule has 19 heavy (non-hydrogen) atoms. The van der Waals surface area contributed by atoms with Crippen LogP contribution in [-0.4, -0.2) is 9.97 Å². The van der Waals surface area contributed by atoms with E-state index in [0.29, 0.717) is 27.4 Å². The standard InChI is InChI=1S/C13H13Cl2N3O/c1-2-3-8-4-13(18-7-17-8)19-12-6-10(15)9(14)5-11(12)16/h4-7H,2-3,16H2,1H3. The van der Waals surface area contributed by atoms with Gasteiger partial charge in [0.05, 0.1) is 15.7 Å². The first-order valence-electron chi connectivity index (χ1n) is 5.83. The van der Waals surface area contributed by atoms with Crippen molar-refractivity contribution in [3.05, 3.63) is 40.3 Å². The lowest BCUT2D eigenvalue weighted by atomic mass is 10.2. The highest BCUT2D eigenvalue weighted by molar-refractivity contribution is 6.42. The summed E-state index contributed by atoms with van der Waals surface area (Å²) in [5.41, 5.74) is 7.15. The van der Waals surface area contributed by atoms with Gasteiger partial charge in [0.15, 0.2) is 5.75 Å². The smallest absolute Gasteiger partial charge is 0.222 e. The maximum Gasteiger partial charge on any atom is 0.222 e. The summed E-state index contributed by atoms with van der Waals surface area (Å²) in [5.74, 6) is 0.860. The highest BCUT2D eigenvalue weighted by Gasteiger charge is 2.08. The van der Waals surface area contributed by atoms with Crippen molar-refractivity contribution in [3.63, 3.8) is 0 Å². The van der Waals surface area contributed by atoms with Gasteiger partial charge >= 0.3 is 0 Å². The number of halogens is 2. The van der Waals surface area contributed by atoms with E-state index < -0.39 is 0 Å². The van der Waals surface area contributed by atoms with Crippen LogP contribution in [0.1, 0.15) is 19.0 Å². The van der Waals surface area contributed by atoms with Crippen molar-refractivity contribution in [3.8, 4) is 11.6 Å². The molecule has 0 aliphatic carbocycles. The minimum atomic E-state index is 0.383. The highest BCUT2D eigenvalue weighted by Crippen LogP contribution is 2.34. The number of hydrogen-bond donors (Lipinski definition) is 1. The molecule has 2 N–H and O–H groups in total. The van der Waals surface area contributed by atoms with Crippen molar-refractivity contribution in [2.24, 2.45) is 0 Å². The van der Waals surface area contributed by atoms with Crippen molar-refractivity contribution < 1.29 is 4.74 Å². The van der Waals surface area contributed by atoms with E-state index in [1.54, 1.807) is 18.2 Å². The normalized spacial score (nSPS) is 10.5. The van der Waals surface area contributed by atoms with Crippen LogP contribution in [0.15, 0.2) is 24.5 Å². The van der Waals surface area contributed by atoms with Crippen LogP contribution in [0.5, 0.6) is 11.6 Å². The van der Waals surface area contributed by atoms with Gasteiger partial charge in [0, 0.05) is 17.8 Å². The largest absolute Gasteiger partial charge is 0.437 e. The van der Waals surface area contributed by atoms with Gasteiger partial charge in [-0.2, -0.15) is 0 Å². The third-order valence-corrected chi connectivity index (χ3v) is 3.19. The Balaban J connectivity index is 2.25. The average Bonchev–Trinajstić information content (AvgIpc) is 2.37. The van der Waals surface area contributed by atoms with E-state index in [2.05, 4.69) is 16.9 Å². The fourth-order valence-electron chi connectivity index (χ4n) is 1.57. The summed E-state index contributed by atoms with van der Waals surface area (Å²) in [6.07, 6.45) is 3.34. The minimum Gasteiger partial charge on any atom is -0.437 e. The number of hydrogen-bond acceptors (Lipinski definition) is 4. The Bertz CT molecular complexity index is 590.